The van der Waals surface area contributed by atoms with Gasteiger partial charge in [-0.2, -0.15) is 10.5 Å². The van der Waals surface area contributed by atoms with Gasteiger partial charge in [0.2, 0.25) is 0 Å². The Morgan fingerprint density at radius 2 is 1.64 bits per heavy atom. The van der Waals surface area contributed by atoms with Crippen molar-refractivity contribution in [3.8, 4) is 34.8 Å². The quantitative estimate of drug-likeness (QED) is 0.816. The molecule has 0 aliphatic heterocycles. The van der Waals surface area contributed by atoms with Crippen LogP contribution in [-0.2, 0) is 9.84 Å². The Kier molecular flexibility index (Phi) is 3.77. The lowest BCUT2D eigenvalue weighted by atomic mass is 9.94. The molecule has 0 bridgehead atoms. The Bertz CT molecular complexity index is 933. The van der Waals surface area contributed by atoms with Gasteiger partial charge in [-0.25, -0.2) is 8.42 Å². The molecule has 0 aliphatic rings. The largest absolute Gasteiger partial charge is 0.504 e. The van der Waals surface area contributed by atoms with Gasteiger partial charge in [-0.15, -0.1) is 0 Å². The van der Waals surface area contributed by atoms with E-state index in [0.717, 1.165) is 12.3 Å². The summed E-state index contributed by atoms with van der Waals surface area (Å²) in [6, 6.07) is 10.2. The van der Waals surface area contributed by atoms with E-state index in [-0.39, 0.29) is 21.6 Å². The molecular formula is C15H10N2O4S. The van der Waals surface area contributed by atoms with Crippen LogP contribution < -0.4 is 0 Å². The number of nitrogens with zero attached hydrogens (tertiary/aromatic N) is 2. The zero-order valence-corrected chi connectivity index (χ0v) is 12.2. The average Bonchev–Trinajstić information content (AvgIpc) is 2.48. The molecule has 2 rings (SSSR count). The molecule has 0 saturated heterocycles. The first-order valence-corrected chi connectivity index (χ1v) is 7.88. The number of aromatic hydroxyl groups is 2. The second kappa shape index (κ2) is 5.40. The molecule has 22 heavy (non-hydrogen) atoms. The summed E-state index contributed by atoms with van der Waals surface area (Å²) >= 11 is 0. The van der Waals surface area contributed by atoms with Gasteiger partial charge in [0.05, 0.1) is 16.5 Å². The first-order valence-electron chi connectivity index (χ1n) is 5.99. The zero-order chi connectivity index (χ0) is 16.5. The van der Waals surface area contributed by atoms with Gasteiger partial charge in [0.15, 0.2) is 21.3 Å². The summed E-state index contributed by atoms with van der Waals surface area (Å²) in [5, 5.41) is 37.6. The second-order valence-corrected chi connectivity index (χ2v) is 6.58. The SMILES string of the molecule is CS(=O)(=O)c1ccc(-c2c(C#N)cc(O)c(O)c2C#N)cc1. The Morgan fingerprint density at radius 3 is 2.09 bits per heavy atom. The molecule has 0 heterocycles. The third kappa shape index (κ3) is 2.58. The molecule has 0 saturated carbocycles. The lowest BCUT2D eigenvalue weighted by molar-refractivity contribution is 0.402. The summed E-state index contributed by atoms with van der Waals surface area (Å²) in [7, 11) is -3.37. The van der Waals surface area contributed by atoms with Crippen LogP contribution in [0.3, 0.4) is 0 Å². The fourth-order valence-electron chi connectivity index (χ4n) is 2.02. The summed E-state index contributed by atoms with van der Waals surface area (Å²) in [6.45, 7) is 0. The lowest BCUT2D eigenvalue weighted by Crippen LogP contribution is -1.97. The molecule has 6 nitrogen and oxygen atoms in total. The van der Waals surface area contributed by atoms with Crippen molar-refractivity contribution in [3.05, 3.63) is 41.5 Å². The number of hydrogen-bond acceptors (Lipinski definition) is 6. The summed E-state index contributed by atoms with van der Waals surface area (Å²) in [6.07, 6.45) is 1.07. The van der Waals surface area contributed by atoms with Crippen molar-refractivity contribution >= 4 is 9.84 Å². The molecule has 110 valence electrons. The third-order valence-corrected chi connectivity index (χ3v) is 4.21. The van der Waals surface area contributed by atoms with E-state index in [0.29, 0.717) is 5.56 Å². The molecule has 2 aromatic rings. The molecule has 0 fully saturated rings. The minimum Gasteiger partial charge on any atom is -0.504 e. The van der Waals surface area contributed by atoms with Gasteiger partial charge < -0.3 is 10.2 Å². The van der Waals surface area contributed by atoms with Gasteiger partial charge in [-0.05, 0) is 17.7 Å². The molecule has 2 N–H and O–H groups in total. The monoisotopic (exact) mass is 314 g/mol. The number of sulfone groups is 1. The van der Waals surface area contributed by atoms with E-state index in [1.165, 1.54) is 24.3 Å². The fraction of sp³-hybridized carbons (Fsp3) is 0.0667. The summed E-state index contributed by atoms with van der Waals surface area (Å²) < 4.78 is 22.9. The van der Waals surface area contributed by atoms with Crippen molar-refractivity contribution in [3.63, 3.8) is 0 Å². The number of phenolic OH excluding ortho intramolecular Hbond substituents is 2. The minimum absolute atomic E-state index is 0.000967. The van der Waals surface area contributed by atoms with Gasteiger partial charge in [-0.1, -0.05) is 12.1 Å². The van der Waals surface area contributed by atoms with E-state index < -0.39 is 21.3 Å². The number of rotatable bonds is 2. The molecule has 0 atom stereocenters. The predicted octanol–water partition coefficient (Wildman–Crippen LogP) is 1.91. The molecule has 0 unspecified atom stereocenters. The molecule has 0 spiro atoms. The van der Waals surface area contributed by atoms with Crippen molar-refractivity contribution in [2.75, 3.05) is 6.26 Å². The highest BCUT2D eigenvalue weighted by Gasteiger charge is 2.19. The average molecular weight is 314 g/mol. The smallest absolute Gasteiger partial charge is 0.176 e. The van der Waals surface area contributed by atoms with Gasteiger partial charge in [0, 0.05) is 17.9 Å². The number of phenols is 2. The Labute approximate surface area is 127 Å². The van der Waals surface area contributed by atoms with Gasteiger partial charge >= 0.3 is 0 Å². The molecule has 0 amide bonds. The zero-order valence-electron chi connectivity index (χ0n) is 11.4. The highest BCUT2D eigenvalue weighted by atomic mass is 32.2. The van der Waals surface area contributed by atoms with Crippen LogP contribution in [-0.4, -0.2) is 24.9 Å². The molecule has 0 aliphatic carbocycles. The van der Waals surface area contributed by atoms with E-state index in [9.17, 15) is 18.6 Å². The normalized spacial score (nSPS) is 10.7. The number of hydrogen-bond donors (Lipinski definition) is 2. The Morgan fingerprint density at radius 1 is 1.05 bits per heavy atom. The maximum absolute atomic E-state index is 11.4. The summed E-state index contributed by atoms with van der Waals surface area (Å²) in [4.78, 5) is 0.0938. The van der Waals surface area contributed by atoms with Gasteiger partial charge in [0.1, 0.15) is 11.6 Å². The van der Waals surface area contributed by atoms with Crippen LogP contribution in [0.1, 0.15) is 11.1 Å². The molecule has 7 heteroatoms. The van der Waals surface area contributed by atoms with E-state index in [2.05, 4.69) is 0 Å². The minimum atomic E-state index is -3.37. The third-order valence-electron chi connectivity index (χ3n) is 3.08. The van der Waals surface area contributed by atoms with Crippen LogP contribution in [0.5, 0.6) is 11.5 Å². The van der Waals surface area contributed by atoms with Crippen molar-refractivity contribution in [2.24, 2.45) is 0 Å². The van der Waals surface area contributed by atoms with Gasteiger partial charge in [-0.3, -0.25) is 0 Å². The van der Waals surface area contributed by atoms with Crippen LogP contribution in [0.4, 0.5) is 0 Å². The molecule has 2 aromatic carbocycles. The first-order chi connectivity index (χ1) is 10.3. The van der Waals surface area contributed by atoms with E-state index >= 15 is 0 Å². The first kappa shape index (κ1) is 15.4. The van der Waals surface area contributed by atoms with Crippen LogP contribution in [0, 0.1) is 22.7 Å². The van der Waals surface area contributed by atoms with Crippen LogP contribution >= 0.6 is 0 Å². The van der Waals surface area contributed by atoms with Crippen LogP contribution in [0.15, 0.2) is 35.2 Å². The van der Waals surface area contributed by atoms with Crippen LogP contribution in [0.25, 0.3) is 11.1 Å². The second-order valence-electron chi connectivity index (χ2n) is 4.56. The van der Waals surface area contributed by atoms with Crippen molar-refractivity contribution in [1.29, 1.82) is 10.5 Å². The maximum Gasteiger partial charge on any atom is 0.176 e. The Balaban J connectivity index is 2.76. The summed E-state index contributed by atoms with van der Waals surface area (Å²) in [5.74, 6) is -1.19. The summed E-state index contributed by atoms with van der Waals surface area (Å²) in [5.41, 5.74) is 0.277. The maximum atomic E-state index is 11.4. The molecule has 0 radical (unpaired) electrons. The predicted molar refractivity (Wildman–Crippen MR) is 77.7 cm³/mol. The standard InChI is InChI=1S/C15H10N2O4S/c1-22(20,21)11-4-2-9(3-5-11)14-10(7-16)6-13(18)15(19)12(14)8-17/h2-6,18-19H,1H3. The highest BCUT2D eigenvalue weighted by molar-refractivity contribution is 7.90. The lowest BCUT2D eigenvalue weighted by Gasteiger charge is -2.10. The van der Waals surface area contributed by atoms with E-state index in [1.807, 2.05) is 6.07 Å². The molecule has 0 aromatic heterocycles. The number of benzene rings is 2. The Hall–Kier alpha value is -3.03. The van der Waals surface area contributed by atoms with Crippen LogP contribution in [0.2, 0.25) is 0 Å². The van der Waals surface area contributed by atoms with Crippen molar-refractivity contribution < 1.29 is 18.6 Å². The van der Waals surface area contributed by atoms with Gasteiger partial charge in [0.25, 0.3) is 0 Å². The topological polar surface area (TPSA) is 122 Å². The van der Waals surface area contributed by atoms with Crippen molar-refractivity contribution in [1.82, 2.24) is 0 Å². The highest BCUT2D eigenvalue weighted by Crippen LogP contribution is 2.39. The number of nitriles is 2. The van der Waals surface area contributed by atoms with E-state index in [4.69, 9.17) is 10.5 Å². The molecular weight excluding hydrogens is 304 g/mol. The van der Waals surface area contributed by atoms with Crippen molar-refractivity contribution in [2.45, 2.75) is 4.90 Å². The van der Waals surface area contributed by atoms with E-state index in [1.54, 1.807) is 6.07 Å². The fourth-order valence-corrected chi connectivity index (χ4v) is 2.65.